The van der Waals surface area contributed by atoms with Crippen molar-refractivity contribution in [1.82, 2.24) is 14.4 Å². The van der Waals surface area contributed by atoms with Gasteiger partial charge in [0.1, 0.15) is 17.5 Å². The lowest BCUT2D eigenvalue weighted by molar-refractivity contribution is -0.134. The number of primary amides is 1. The van der Waals surface area contributed by atoms with Gasteiger partial charge in [0.15, 0.2) is 0 Å². The number of thiazole rings is 1. The number of carbonyl (C=O) groups is 2. The van der Waals surface area contributed by atoms with E-state index in [9.17, 15) is 18.8 Å². The first kappa shape index (κ1) is 25.5. The molecule has 0 saturated carbocycles. The number of aliphatic carboxylic acids is 1. The summed E-state index contributed by atoms with van der Waals surface area (Å²) in [6, 6.07) is 2.55. The van der Waals surface area contributed by atoms with Crippen molar-refractivity contribution in [2.45, 2.75) is 38.6 Å². The van der Waals surface area contributed by atoms with E-state index >= 15 is 0 Å². The van der Waals surface area contributed by atoms with Crippen molar-refractivity contribution in [1.29, 1.82) is 0 Å². The van der Waals surface area contributed by atoms with Gasteiger partial charge >= 0.3 is 5.97 Å². The maximum Gasteiger partial charge on any atom is 0.364 e. The Labute approximate surface area is 209 Å². The molecule has 0 bridgehead atoms. The summed E-state index contributed by atoms with van der Waals surface area (Å²) < 4.78 is 20.7. The summed E-state index contributed by atoms with van der Waals surface area (Å²) in [5.41, 5.74) is 6.79. The number of nitrogens with two attached hydrogens (primary N) is 1. The monoisotopic (exact) mass is 515 g/mol. The molecule has 36 heavy (non-hydrogen) atoms. The number of carbonyl (C=O) groups excluding carboxylic acids is 1. The Hall–Kier alpha value is -3.64. The molecule has 1 aliphatic rings. The molecule has 0 aromatic carbocycles. The molecule has 0 spiro atoms. The van der Waals surface area contributed by atoms with Gasteiger partial charge in [-0.1, -0.05) is 13.8 Å². The SMILES string of the molecule is CC(C)c1csc(CCc2ccn3c(=O)c(/C=C(/F)C(=O)O)c(N4CCOCC4C(N)=O)nc3c2)n1. The number of amides is 1. The third-order valence-electron chi connectivity index (χ3n) is 5.90. The number of halogens is 1. The molecule has 3 aromatic heterocycles. The van der Waals surface area contributed by atoms with Gasteiger partial charge in [0.2, 0.25) is 11.7 Å². The van der Waals surface area contributed by atoms with Crippen LogP contribution in [0.2, 0.25) is 0 Å². The number of anilines is 1. The van der Waals surface area contributed by atoms with Crippen LogP contribution >= 0.6 is 11.3 Å². The molecule has 10 nitrogen and oxygen atoms in total. The molecular formula is C24H26FN5O5S. The number of aryl methyl sites for hydroxylation is 2. The molecule has 1 fully saturated rings. The van der Waals surface area contributed by atoms with E-state index in [2.05, 4.69) is 29.2 Å². The summed E-state index contributed by atoms with van der Waals surface area (Å²) in [5, 5.41) is 12.1. The van der Waals surface area contributed by atoms with E-state index in [4.69, 9.17) is 15.6 Å². The molecule has 0 radical (unpaired) electrons. The fourth-order valence-electron chi connectivity index (χ4n) is 3.92. The summed E-state index contributed by atoms with van der Waals surface area (Å²) in [5.74, 6) is -3.73. The highest BCUT2D eigenvalue weighted by Gasteiger charge is 2.31. The Morgan fingerprint density at radius 1 is 1.36 bits per heavy atom. The Morgan fingerprint density at radius 2 is 2.14 bits per heavy atom. The zero-order valence-corrected chi connectivity index (χ0v) is 20.6. The highest BCUT2D eigenvalue weighted by Crippen LogP contribution is 2.24. The second-order valence-corrected chi connectivity index (χ2v) is 9.66. The lowest BCUT2D eigenvalue weighted by Gasteiger charge is -2.35. The van der Waals surface area contributed by atoms with Crippen molar-refractivity contribution in [3.8, 4) is 0 Å². The van der Waals surface area contributed by atoms with Crippen LogP contribution in [0.15, 0.2) is 34.3 Å². The molecule has 1 aliphatic heterocycles. The lowest BCUT2D eigenvalue weighted by atomic mass is 10.1. The minimum Gasteiger partial charge on any atom is -0.476 e. The summed E-state index contributed by atoms with van der Waals surface area (Å²) in [6.07, 6.45) is 3.51. The topological polar surface area (TPSA) is 140 Å². The lowest BCUT2D eigenvalue weighted by Crippen LogP contribution is -2.53. The number of hydrogen-bond donors (Lipinski definition) is 2. The number of nitrogens with zero attached hydrogens (tertiary/aromatic N) is 4. The maximum atomic E-state index is 14.1. The normalized spacial score (nSPS) is 16.6. The third-order valence-corrected chi connectivity index (χ3v) is 6.83. The zero-order chi connectivity index (χ0) is 26.0. The summed E-state index contributed by atoms with van der Waals surface area (Å²) in [7, 11) is 0. The van der Waals surface area contributed by atoms with E-state index in [1.54, 1.807) is 23.5 Å². The zero-order valence-electron chi connectivity index (χ0n) is 19.8. The predicted molar refractivity (Wildman–Crippen MR) is 133 cm³/mol. The number of rotatable bonds is 8. The van der Waals surface area contributed by atoms with Gasteiger partial charge in [-0.25, -0.2) is 14.8 Å². The molecule has 1 atom stereocenters. The van der Waals surface area contributed by atoms with Crippen LogP contribution in [0, 0.1) is 0 Å². The number of fused-ring (bicyclic) bond motifs is 1. The van der Waals surface area contributed by atoms with Gasteiger partial charge in [-0.3, -0.25) is 14.0 Å². The fraction of sp³-hybridized carbons (Fsp3) is 0.375. The van der Waals surface area contributed by atoms with Crippen LogP contribution < -0.4 is 16.2 Å². The smallest absolute Gasteiger partial charge is 0.364 e. The number of carboxylic acid groups (broad SMARTS) is 1. The first-order chi connectivity index (χ1) is 17.2. The minimum absolute atomic E-state index is 0.0258. The molecule has 0 aliphatic carbocycles. The summed E-state index contributed by atoms with van der Waals surface area (Å²) in [6.45, 7) is 4.53. The Kier molecular flexibility index (Phi) is 7.45. The average molecular weight is 516 g/mol. The largest absolute Gasteiger partial charge is 0.476 e. The van der Waals surface area contributed by atoms with E-state index < -0.39 is 29.3 Å². The van der Waals surface area contributed by atoms with Crippen molar-refractivity contribution in [2.75, 3.05) is 24.7 Å². The van der Waals surface area contributed by atoms with Gasteiger partial charge in [0.05, 0.1) is 29.5 Å². The minimum atomic E-state index is -1.82. The molecule has 190 valence electrons. The van der Waals surface area contributed by atoms with E-state index in [1.165, 1.54) is 15.5 Å². The van der Waals surface area contributed by atoms with Crippen LogP contribution in [0.3, 0.4) is 0 Å². The molecule has 4 rings (SSSR count). The van der Waals surface area contributed by atoms with Crippen LogP contribution in [0.1, 0.15) is 41.6 Å². The number of morpholine rings is 1. The van der Waals surface area contributed by atoms with Gasteiger partial charge in [-0.2, -0.15) is 4.39 Å². The number of hydrogen-bond acceptors (Lipinski definition) is 8. The van der Waals surface area contributed by atoms with Gasteiger partial charge in [-0.15, -0.1) is 11.3 Å². The van der Waals surface area contributed by atoms with E-state index in [1.807, 2.05) is 0 Å². The van der Waals surface area contributed by atoms with Crippen molar-refractivity contribution >= 4 is 40.8 Å². The second kappa shape index (κ2) is 10.5. The summed E-state index contributed by atoms with van der Waals surface area (Å²) in [4.78, 5) is 47.2. The molecule has 1 unspecified atom stereocenters. The first-order valence-corrected chi connectivity index (χ1v) is 12.3. The molecular weight excluding hydrogens is 489 g/mol. The average Bonchev–Trinajstić information content (AvgIpc) is 3.33. The van der Waals surface area contributed by atoms with Crippen LogP contribution in [-0.4, -0.2) is 57.2 Å². The number of pyridine rings is 1. The number of ether oxygens (including phenoxy) is 1. The standard InChI is InChI=1S/C24H26FN5O5S/c1-13(2)17-12-36-20(27-17)4-3-14-5-6-30-19(9-14)28-22(15(23(30)32)10-16(25)24(33)34)29-7-8-35-11-18(29)21(26)31/h5-6,9-10,12-13,18H,3-4,7-8,11H2,1-2H3,(H2,26,31)(H,33,34)/b16-10+. The predicted octanol–water partition coefficient (Wildman–Crippen LogP) is 2.15. The van der Waals surface area contributed by atoms with E-state index in [-0.39, 0.29) is 36.8 Å². The van der Waals surface area contributed by atoms with Crippen molar-refractivity contribution < 1.29 is 23.8 Å². The Balaban J connectivity index is 1.77. The first-order valence-electron chi connectivity index (χ1n) is 11.4. The number of aromatic nitrogens is 3. The summed E-state index contributed by atoms with van der Waals surface area (Å²) >= 11 is 1.60. The van der Waals surface area contributed by atoms with Crippen molar-refractivity contribution in [3.05, 3.63) is 61.7 Å². The third kappa shape index (κ3) is 5.29. The van der Waals surface area contributed by atoms with Gasteiger partial charge in [-0.05, 0) is 36.1 Å². The highest BCUT2D eigenvalue weighted by molar-refractivity contribution is 7.09. The Morgan fingerprint density at radius 3 is 2.81 bits per heavy atom. The molecule has 3 N–H and O–H groups in total. The van der Waals surface area contributed by atoms with E-state index in [0.29, 0.717) is 24.8 Å². The van der Waals surface area contributed by atoms with Gasteiger partial charge < -0.3 is 20.5 Å². The fourth-order valence-corrected chi connectivity index (χ4v) is 4.88. The van der Waals surface area contributed by atoms with Crippen LogP contribution in [-0.2, 0) is 27.2 Å². The molecule has 1 amide bonds. The number of carboxylic acids is 1. The highest BCUT2D eigenvalue weighted by atomic mass is 32.1. The van der Waals surface area contributed by atoms with Crippen molar-refractivity contribution in [3.63, 3.8) is 0 Å². The Bertz CT molecular complexity index is 1400. The maximum absolute atomic E-state index is 14.1. The van der Waals surface area contributed by atoms with Gasteiger partial charge in [0, 0.05) is 24.5 Å². The molecule has 4 heterocycles. The van der Waals surface area contributed by atoms with E-state index in [0.717, 1.165) is 16.3 Å². The van der Waals surface area contributed by atoms with Gasteiger partial charge in [0.25, 0.3) is 5.56 Å². The van der Waals surface area contributed by atoms with Crippen LogP contribution in [0.5, 0.6) is 0 Å². The quantitative estimate of drug-likeness (QED) is 0.435. The molecule has 3 aromatic rings. The second-order valence-electron chi connectivity index (χ2n) is 8.72. The van der Waals surface area contributed by atoms with Crippen LogP contribution in [0.4, 0.5) is 10.2 Å². The van der Waals surface area contributed by atoms with Crippen LogP contribution in [0.25, 0.3) is 11.7 Å². The molecule has 1 saturated heterocycles. The molecule has 12 heteroatoms. The van der Waals surface area contributed by atoms with Crippen molar-refractivity contribution in [2.24, 2.45) is 5.73 Å².